The molecule has 158 valence electrons. The van der Waals surface area contributed by atoms with E-state index in [0.717, 1.165) is 5.56 Å². The van der Waals surface area contributed by atoms with Crippen LogP contribution in [0.2, 0.25) is 0 Å². The maximum absolute atomic E-state index is 12.1. The first-order valence-corrected chi connectivity index (χ1v) is 9.46. The molecule has 3 aromatic carbocycles. The predicted molar refractivity (Wildman–Crippen MR) is 116 cm³/mol. The molecule has 0 heterocycles. The van der Waals surface area contributed by atoms with Crippen LogP contribution >= 0.6 is 0 Å². The van der Waals surface area contributed by atoms with E-state index in [-0.39, 0.29) is 12.1 Å². The molecule has 0 aliphatic heterocycles. The number of nitro benzene ring substituents is 1. The average molecular weight is 419 g/mol. The summed E-state index contributed by atoms with van der Waals surface area (Å²) in [5, 5.41) is 15.0. The van der Waals surface area contributed by atoms with E-state index in [2.05, 4.69) is 10.5 Å². The summed E-state index contributed by atoms with van der Waals surface area (Å²) in [5.74, 6) is 0.662. The molecule has 0 atom stereocenters. The Hall–Kier alpha value is -4.20. The molecule has 0 aromatic heterocycles. The Morgan fingerprint density at radius 2 is 1.81 bits per heavy atom. The van der Waals surface area contributed by atoms with Gasteiger partial charge in [0, 0.05) is 11.6 Å². The van der Waals surface area contributed by atoms with E-state index >= 15 is 0 Å². The number of nitro groups is 1. The molecule has 0 saturated carbocycles. The van der Waals surface area contributed by atoms with Gasteiger partial charge in [0.1, 0.15) is 6.61 Å². The van der Waals surface area contributed by atoms with Gasteiger partial charge in [0.2, 0.25) is 5.91 Å². The first-order chi connectivity index (χ1) is 15.1. The Morgan fingerprint density at radius 1 is 1.06 bits per heavy atom. The van der Waals surface area contributed by atoms with Crippen LogP contribution in [0.4, 0.5) is 5.69 Å². The highest BCUT2D eigenvalue weighted by Crippen LogP contribution is 2.28. The molecule has 0 bridgehead atoms. The van der Waals surface area contributed by atoms with Crippen LogP contribution in [-0.2, 0) is 17.8 Å². The Morgan fingerprint density at radius 3 is 2.55 bits per heavy atom. The van der Waals surface area contributed by atoms with E-state index < -0.39 is 10.8 Å². The maximum Gasteiger partial charge on any atom is 0.273 e. The summed E-state index contributed by atoms with van der Waals surface area (Å²) in [7, 11) is 1.54. The van der Waals surface area contributed by atoms with E-state index in [1.54, 1.807) is 43.5 Å². The third kappa shape index (κ3) is 6.14. The summed E-state index contributed by atoms with van der Waals surface area (Å²) in [5.41, 5.74) is 4.33. The third-order valence-corrected chi connectivity index (χ3v) is 4.37. The summed E-state index contributed by atoms with van der Waals surface area (Å²) < 4.78 is 11.2. The second-order valence-corrected chi connectivity index (χ2v) is 6.54. The van der Waals surface area contributed by atoms with Crippen molar-refractivity contribution in [1.82, 2.24) is 5.43 Å². The van der Waals surface area contributed by atoms with Crippen molar-refractivity contribution >= 4 is 17.8 Å². The lowest BCUT2D eigenvalue weighted by molar-refractivity contribution is -0.385. The average Bonchev–Trinajstić information content (AvgIpc) is 2.79. The monoisotopic (exact) mass is 419 g/mol. The van der Waals surface area contributed by atoms with Crippen LogP contribution < -0.4 is 14.9 Å². The molecule has 8 heteroatoms. The number of carbonyl (C=O) groups excluding carboxylic acids is 1. The van der Waals surface area contributed by atoms with Crippen molar-refractivity contribution in [3.63, 3.8) is 0 Å². The molecular weight excluding hydrogens is 398 g/mol. The number of nitrogens with zero attached hydrogens (tertiary/aromatic N) is 2. The topological polar surface area (TPSA) is 103 Å². The number of hydrogen-bond acceptors (Lipinski definition) is 6. The van der Waals surface area contributed by atoms with Crippen LogP contribution in [0.5, 0.6) is 11.5 Å². The fourth-order valence-corrected chi connectivity index (χ4v) is 2.85. The number of para-hydroxylation sites is 1. The van der Waals surface area contributed by atoms with Crippen LogP contribution in [0.25, 0.3) is 0 Å². The van der Waals surface area contributed by atoms with Crippen LogP contribution in [0.15, 0.2) is 77.9 Å². The van der Waals surface area contributed by atoms with Crippen molar-refractivity contribution in [3.8, 4) is 11.5 Å². The zero-order valence-corrected chi connectivity index (χ0v) is 16.9. The molecule has 0 spiro atoms. The quantitative estimate of drug-likeness (QED) is 0.322. The van der Waals surface area contributed by atoms with Gasteiger partial charge in [-0.3, -0.25) is 14.9 Å². The van der Waals surface area contributed by atoms with E-state index in [1.807, 2.05) is 30.3 Å². The molecule has 1 amide bonds. The molecule has 0 unspecified atom stereocenters. The minimum Gasteiger partial charge on any atom is -0.493 e. The molecule has 0 radical (unpaired) electrons. The van der Waals surface area contributed by atoms with Crippen LogP contribution in [0.3, 0.4) is 0 Å². The number of nitrogens with one attached hydrogen (secondary N) is 1. The molecule has 0 fully saturated rings. The number of carbonyl (C=O) groups is 1. The summed E-state index contributed by atoms with van der Waals surface area (Å²) >= 11 is 0. The van der Waals surface area contributed by atoms with Crippen molar-refractivity contribution in [2.24, 2.45) is 5.10 Å². The number of methoxy groups -OCH3 is 1. The van der Waals surface area contributed by atoms with Crippen molar-refractivity contribution in [2.75, 3.05) is 7.11 Å². The number of ether oxygens (including phenoxy) is 2. The summed E-state index contributed by atoms with van der Waals surface area (Å²) in [6, 6.07) is 21.2. The van der Waals surface area contributed by atoms with Gasteiger partial charge in [-0.2, -0.15) is 5.10 Å². The summed E-state index contributed by atoms with van der Waals surface area (Å²) in [4.78, 5) is 22.6. The van der Waals surface area contributed by atoms with Gasteiger partial charge in [-0.15, -0.1) is 0 Å². The number of benzene rings is 3. The molecule has 3 rings (SSSR count). The van der Waals surface area contributed by atoms with Gasteiger partial charge in [0.05, 0.1) is 24.7 Å². The fourth-order valence-electron chi connectivity index (χ4n) is 2.85. The SMILES string of the molecule is COc1cc(C=NNC(=O)Cc2ccccc2[N+](=O)[O-])ccc1OCc1ccccc1. The Labute approximate surface area is 179 Å². The molecule has 0 aliphatic carbocycles. The smallest absolute Gasteiger partial charge is 0.273 e. The third-order valence-electron chi connectivity index (χ3n) is 4.37. The summed E-state index contributed by atoms with van der Waals surface area (Å²) in [6.45, 7) is 0.409. The van der Waals surface area contributed by atoms with Crippen molar-refractivity contribution in [2.45, 2.75) is 13.0 Å². The van der Waals surface area contributed by atoms with E-state index in [0.29, 0.717) is 29.2 Å². The Balaban J connectivity index is 1.59. The van der Waals surface area contributed by atoms with Gasteiger partial charge < -0.3 is 9.47 Å². The Bertz CT molecular complexity index is 1080. The normalized spacial score (nSPS) is 10.6. The number of rotatable bonds is 9. The lowest BCUT2D eigenvalue weighted by Crippen LogP contribution is -2.20. The Kier molecular flexibility index (Phi) is 7.31. The lowest BCUT2D eigenvalue weighted by Gasteiger charge is -2.11. The first kappa shape index (κ1) is 21.5. The van der Waals surface area contributed by atoms with E-state index in [1.165, 1.54) is 12.3 Å². The van der Waals surface area contributed by atoms with Gasteiger partial charge in [0.15, 0.2) is 11.5 Å². The van der Waals surface area contributed by atoms with Crippen LogP contribution in [-0.4, -0.2) is 24.2 Å². The molecule has 0 aliphatic rings. The zero-order chi connectivity index (χ0) is 22.1. The summed E-state index contributed by atoms with van der Waals surface area (Å²) in [6.07, 6.45) is 1.31. The minimum absolute atomic E-state index is 0.0996. The standard InChI is InChI=1S/C23H21N3O5/c1-30-22-13-18(11-12-21(22)31-16-17-7-3-2-4-8-17)15-24-25-23(27)14-19-9-5-6-10-20(19)26(28)29/h2-13,15H,14,16H2,1H3,(H,25,27). The maximum atomic E-state index is 12.1. The van der Waals surface area contributed by atoms with Gasteiger partial charge >= 0.3 is 0 Å². The van der Waals surface area contributed by atoms with Crippen LogP contribution in [0.1, 0.15) is 16.7 Å². The number of hydrazone groups is 1. The van der Waals surface area contributed by atoms with E-state index in [9.17, 15) is 14.9 Å². The number of hydrogen-bond donors (Lipinski definition) is 1. The second-order valence-electron chi connectivity index (χ2n) is 6.54. The van der Waals surface area contributed by atoms with Gasteiger partial charge in [-0.1, -0.05) is 48.5 Å². The zero-order valence-electron chi connectivity index (χ0n) is 16.9. The highest BCUT2D eigenvalue weighted by molar-refractivity contribution is 5.84. The highest BCUT2D eigenvalue weighted by Gasteiger charge is 2.15. The molecule has 1 N–H and O–H groups in total. The molecular formula is C23H21N3O5. The highest BCUT2D eigenvalue weighted by atomic mass is 16.6. The van der Waals surface area contributed by atoms with Crippen molar-refractivity contribution < 1.29 is 19.2 Å². The van der Waals surface area contributed by atoms with E-state index in [4.69, 9.17) is 9.47 Å². The molecule has 0 saturated heterocycles. The first-order valence-electron chi connectivity index (χ1n) is 9.46. The molecule has 3 aromatic rings. The minimum atomic E-state index is -0.514. The fraction of sp³-hybridized carbons (Fsp3) is 0.130. The van der Waals surface area contributed by atoms with Gasteiger partial charge in [-0.05, 0) is 29.3 Å². The second kappa shape index (κ2) is 10.5. The molecule has 31 heavy (non-hydrogen) atoms. The largest absolute Gasteiger partial charge is 0.493 e. The number of amides is 1. The predicted octanol–water partition coefficient (Wildman–Crippen LogP) is 3.88. The molecule has 8 nitrogen and oxygen atoms in total. The van der Waals surface area contributed by atoms with Gasteiger partial charge in [-0.25, -0.2) is 5.43 Å². The van der Waals surface area contributed by atoms with Crippen molar-refractivity contribution in [3.05, 3.63) is 99.6 Å². The van der Waals surface area contributed by atoms with Crippen molar-refractivity contribution in [1.29, 1.82) is 0 Å². The lowest BCUT2D eigenvalue weighted by atomic mass is 10.1. The van der Waals surface area contributed by atoms with Gasteiger partial charge in [0.25, 0.3) is 5.69 Å². The van der Waals surface area contributed by atoms with Crippen LogP contribution in [0, 0.1) is 10.1 Å².